The Bertz CT molecular complexity index is 459. The van der Waals surface area contributed by atoms with Crippen LogP contribution in [0.2, 0.25) is 0 Å². The highest BCUT2D eigenvalue weighted by Gasteiger charge is 2.06. The molecule has 1 rings (SSSR count). The Morgan fingerprint density at radius 2 is 2.14 bits per heavy atom. The van der Waals surface area contributed by atoms with Crippen LogP contribution < -0.4 is 5.32 Å². The minimum atomic E-state index is -0.444. The predicted molar refractivity (Wildman–Crippen MR) is 91.6 cm³/mol. The first-order valence-electron chi connectivity index (χ1n) is 7.21. The Morgan fingerprint density at radius 1 is 1.45 bits per heavy atom. The summed E-state index contributed by atoms with van der Waals surface area (Å²) in [7, 11) is 4.10. The van der Waals surface area contributed by atoms with E-state index in [1.807, 2.05) is 0 Å². The van der Waals surface area contributed by atoms with Gasteiger partial charge in [-0.1, -0.05) is 12.2 Å². The monoisotopic (exact) mass is 327 g/mol. The maximum atomic E-state index is 10.3. The molecular formula is C15H25N3O3S. The van der Waals surface area contributed by atoms with Gasteiger partial charge < -0.3 is 15.0 Å². The highest BCUT2D eigenvalue weighted by atomic mass is 32.2. The molecule has 1 heterocycles. The fourth-order valence-electron chi connectivity index (χ4n) is 1.97. The van der Waals surface area contributed by atoms with Crippen molar-refractivity contribution in [2.24, 2.45) is 0 Å². The van der Waals surface area contributed by atoms with Gasteiger partial charge in [0.15, 0.2) is 0 Å². The number of hydrogen-bond acceptors (Lipinski definition) is 6. The first-order chi connectivity index (χ1) is 10.5. The van der Waals surface area contributed by atoms with Gasteiger partial charge >= 0.3 is 0 Å². The first kappa shape index (κ1) is 18.7. The molecule has 0 saturated carbocycles. The maximum absolute atomic E-state index is 10.3. The smallest absolute Gasteiger partial charge is 0.252 e. The zero-order valence-corrected chi connectivity index (χ0v) is 14.3. The van der Waals surface area contributed by atoms with Gasteiger partial charge in [-0.3, -0.25) is 10.1 Å². The molecule has 0 radical (unpaired) electrons. The van der Waals surface area contributed by atoms with Gasteiger partial charge in [-0.05, 0) is 32.2 Å². The number of likely N-dealkylation sites (N-methyl/N-ethyl adjacent to an activating group) is 1. The lowest BCUT2D eigenvalue weighted by molar-refractivity contribution is -0.403. The number of nitrogens with one attached hydrogen (secondary N) is 1. The van der Waals surface area contributed by atoms with Crippen LogP contribution in [0, 0.1) is 10.1 Å². The molecule has 0 aromatic carbocycles. The molecule has 0 spiro atoms. The van der Waals surface area contributed by atoms with E-state index in [9.17, 15) is 10.1 Å². The molecule has 0 unspecified atom stereocenters. The SMILES string of the molecule is CC(=C[N+](=O)[O-])NCCSCC1=CC=C(CN(C)C)COC1. The zero-order chi connectivity index (χ0) is 16.4. The fraction of sp³-hybridized carbons (Fsp3) is 0.600. The van der Waals surface area contributed by atoms with E-state index in [1.165, 1.54) is 11.1 Å². The third kappa shape index (κ3) is 8.86. The van der Waals surface area contributed by atoms with Crippen LogP contribution >= 0.6 is 11.8 Å². The summed E-state index contributed by atoms with van der Waals surface area (Å²) in [4.78, 5) is 12.0. The van der Waals surface area contributed by atoms with Gasteiger partial charge in [-0.25, -0.2) is 0 Å². The van der Waals surface area contributed by atoms with Crippen LogP contribution in [-0.2, 0) is 4.74 Å². The summed E-state index contributed by atoms with van der Waals surface area (Å²) in [6, 6.07) is 0. The molecule has 0 aromatic heterocycles. The molecule has 1 N–H and O–H groups in total. The Balaban J connectivity index is 2.25. The molecule has 0 amide bonds. The van der Waals surface area contributed by atoms with E-state index >= 15 is 0 Å². The normalized spacial score (nSPS) is 16.1. The van der Waals surface area contributed by atoms with E-state index in [4.69, 9.17) is 4.74 Å². The average Bonchev–Trinajstić information content (AvgIpc) is 2.62. The van der Waals surface area contributed by atoms with Crippen LogP contribution in [0.4, 0.5) is 0 Å². The predicted octanol–water partition coefficient (Wildman–Crippen LogP) is 1.89. The number of nitro groups is 1. The van der Waals surface area contributed by atoms with E-state index in [0.29, 0.717) is 18.9 Å². The van der Waals surface area contributed by atoms with Crippen molar-refractivity contribution >= 4 is 11.8 Å². The minimum Gasteiger partial charge on any atom is -0.383 e. The summed E-state index contributed by atoms with van der Waals surface area (Å²) >= 11 is 1.80. The second-order valence-electron chi connectivity index (χ2n) is 5.46. The van der Waals surface area contributed by atoms with Gasteiger partial charge in [-0.2, -0.15) is 11.8 Å². The van der Waals surface area contributed by atoms with E-state index in [1.54, 1.807) is 18.7 Å². The van der Waals surface area contributed by atoms with Crippen molar-refractivity contribution < 1.29 is 9.66 Å². The summed E-state index contributed by atoms with van der Waals surface area (Å²) in [6.07, 6.45) is 5.30. The van der Waals surface area contributed by atoms with Gasteiger partial charge in [0.05, 0.1) is 23.8 Å². The van der Waals surface area contributed by atoms with Crippen molar-refractivity contribution in [1.82, 2.24) is 10.2 Å². The Labute approximate surface area is 136 Å². The Morgan fingerprint density at radius 3 is 2.82 bits per heavy atom. The van der Waals surface area contributed by atoms with Crippen molar-refractivity contribution in [2.45, 2.75) is 6.92 Å². The third-order valence-electron chi connectivity index (χ3n) is 2.89. The number of hydrogen-bond donors (Lipinski definition) is 1. The highest BCUT2D eigenvalue weighted by Crippen LogP contribution is 2.13. The van der Waals surface area contributed by atoms with Crippen LogP contribution in [0.5, 0.6) is 0 Å². The van der Waals surface area contributed by atoms with Crippen molar-refractivity contribution in [3.8, 4) is 0 Å². The summed E-state index contributed by atoms with van der Waals surface area (Å²) in [5, 5.41) is 13.3. The van der Waals surface area contributed by atoms with Crippen LogP contribution in [0.3, 0.4) is 0 Å². The second-order valence-corrected chi connectivity index (χ2v) is 6.56. The van der Waals surface area contributed by atoms with Crippen molar-refractivity contribution in [1.29, 1.82) is 0 Å². The number of nitrogens with zero attached hydrogens (tertiary/aromatic N) is 2. The lowest BCUT2D eigenvalue weighted by Gasteiger charge is -2.12. The summed E-state index contributed by atoms with van der Waals surface area (Å²) in [6.45, 7) is 4.70. The number of thioether (sulfide) groups is 1. The summed E-state index contributed by atoms with van der Waals surface area (Å²) < 4.78 is 5.68. The topological polar surface area (TPSA) is 67.6 Å². The highest BCUT2D eigenvalue weighted by molar-refractivity contribution is 7.99. The molecule has 0 aliphatic carbocycles. The van der Waals surface area contributed by atoms with Gasteiger partial charge in [0.1, 0.15) is 0 Å². The molecule has 7 heteroatoms. The number of ether oxygens (including phenoxy) is 1. The van der Waals surface area contributed by atoms with Gasteiger partial charge in [0.2, 0.25) is 0 Å². The fourth-order valence-corrected chi connectivity index (χ4v) is 2.80. The van der Waals surface area contributed by atoms with E-state index in [0.717, 1.165) is 30.8 Å². The Kier molecular flexibility index (Phi) is 8.88. The molecule has 124 valence electrons. The molecule has 0 saturated heterocycles. The van der Waals surface area contributed by atoms with Crippen LogP contribution in [0.1, 0.15) is 6.92 Å². The van der Waals surface area contributed by atoms with Gasteiger partial charge in [0, 0.05) is 24.6 Å². The molecule has 22 heavy (non-hydrogen) atoms. The quantitative estimate of drug-likeness (QED) is 0.396. The standard InChI is InChI=1S/C15H25N3O3S/c1-13(8-18(19)20)16-6-7-22-12-15-5-4-14(9-17(2)3)10-21-11-15/h4-5,8,16H,6-7,9-12H2,1-3H3. The Hall–Kier alpha value is -1.31. The largest absolute Gasteiger partial charge is 0.383 e. The lowest BCUT2D eigenvalue weighted by atomic mass is 10.2. The first-order valence-corrected chi connectivity index (χ1v) is 8.36. The maximum Gasteiger partial charge on any atom is 0.252 e. The number of rotatable bonds is 9. The zero-order valence-electron chi connectivity index (χ0n) is 13.5. The second kappa shape index (κ2) is 10.4. The van der Waals surface area contributed by atoms with Crippen LogP contribution in [-0.4, -0.2) is 61.7 Å². The minimum absolute atomic E-state index is 0.444. The average molecular weight is 327 g/mol. The molecule has 0 aromatic rings. The summed E-state index contributed by atoms with van der Waals surface area (Å²) in [5.41, 5.74) is 3.14. The van der Waals surface area contributed by atoms with Gasteiger partial charge in [0.25, 0.3) is 6.20 Å². The molecule has 1 aliphatic heterocycles. The summed E-state index contributed by atoms with van der Waals surface area (Å²) in [5.74, 6) is 1.82. The van der Waals surface area contributed by atoms with E-state index in [-0.39, 0.29) is 0 Å². The third-order valence-corrected chi connectivity index (χ3v) is 3.95. The molecule has 0 atom stereocenters. The van der Waals surface area contributed by atoms with E-state index < -0.39 is 4.92 Å². The van der Waals surface area contributed by atoms with Crippen LogP contribution in [0.25, 0.3) is 0 Å². The lowest BCUT2D eigenvalue weighted by Crippen LogP contribution is -2.17. The van der Waals surface area contributed by atoms with Crippen molar-refractivity contribution in [2.75, 3.05) is 51.9 Å². The molecule has 6 nitrogen and oxygen atoms in total. The van der Waals surface area contributed by atoms with Crippen molar-refractivity contribution in [3.63, 3.8) is 0 Å². The molecule has 0 bridgehead atoms. The van der Waals surface area contributed by atoms with Crippen molar-refractivity contribution in [3.05, 3.63) is 45.3 Å². The van der Waals surface area contributed by atoms with Crippen LogP contribution in [0.15, 0.2) is 35.2 Å². The molecule has 1 aliphatic rings. The molecular weight excluding hydrogens is 302 g/mol. The number of allylic oxidation sites excluding steroid dienone is 3. The molecule has 0 fully saturated rings. The van der Waals surface area contributed by atoms with Gasteiger partial charge in [-0.15, -0.1) is 0 Å². The van der Waals surface area contributed by atoms with E-state index in [2.05, 4.69) is 36.5 Å².